The molecule has 2 nitrogen and oxygen atoms in total. The zero-order chi connectivity index (χ0) is 8.10. The van der Waals surface area contributed by atoms with Gasteiger partial charge in [-0.15, -0.1) is 0 Å². The highest BCUT2D eigenvalue weighted by Gasteiger charge is 2.22. The molecule has 2 atom stereocenters. The van der Waals surface area contributed by atoms with Crippen molar-refractivity contribution >= 4 is 0 Å². The Kier molecular flexibility index (Phi) is 3.87. The standard InChI is InChI=1S/C9H19NO/c1-2-11-7-6-8-4-3-5-9(8)10/h8-9H,2-7,10H2,1H3. The number of ether oxygens (including phenoxy) is 1. The van der Waals surface area contributed by atoms with Crippen molar-refractivity contribution in [1.82, 2.24) is 0 Å². The molecule has 0 amide bonds. The van der Waals surface area contributed by atoms with Gasteiger partial charge in [0.2, 0.25) is 0 Å². The lowest BCUT2D eigenvalue weighted by Gasteiger charge is -2.14. The molecule has 0 aromatic carbocycles. The highest BCUT2D eigenvalue weighted by molar-refractivity contribution is 4.79. The molecule has 2 N–H and O–H groups in total. The Bertz CT molecular complexity index is 106. The molecule has 66 valence electrons. The molecular weight excluding hydrogens is 138 g/mol. The zero-order valence-corrected chi connectivity index (χ0v) is 7.38. The second kappa shape index (κ2) is 4.73. The first-order valence-corrected chi connectivity index (χ1v) is 4.68. The fraction of sp³-hybridized carbons (Fsp3) is 1.00. The van der Waals surface area contributed by atoms with Crippen molar-refractivity contribution in [2.24, 2.45) is 11.7 Å². The summed E-state index contributed by atoms with van der Waals surface area (Å²) >= 11 is 0. The Morgan fingerprint density at radius 1 is 1.45 bits per heavy atom. The maximum absolute atomic E-state index is 5.91. The maximum atomic E-state index is 5.91. The monoisotopic (exact) mass is 157 g/mol. The fourth-order valence-electron chi connectivity index (χ4n) is 1.80. The topological polar surface area (TPSA) is 35.2 Å². The zero-order valence-electron chi connectivity index (χ0n) is 7.38. The van der Waals surface area contributed by atoms with Gasteiger partial charge < -0.3 is 10.5 Å². The molecular formula is C9H19NO. The van der Waals surface area contributed by atoms with E-state index in [0.29, 0.717) is 6.04 Å². The van der Waals surface area contributed by atoms with E-state index in [4.69, 9.17) is 10.5 Å². The number of hydrogen-bond acceptors (Lipinski definition) is 2. The van der Waals surface area contributed by atoms with Crippen molar-refractivity contribution in [1.29, 1.82) is 0 Å². The van der Waals surface area contributed by atoms with Crippen LogP contribution in [-0.4, -0.2) is 19.3 Å². The van der Waals surface area contributed by atoms with E-state index in [9.17, 15) is 0 Å². The first kappa shape index (κ1) is 9.01. The van der Waals surface area contributed by atoms with Crippen LogP contribution in [0, 0.1) is 5.92 Å². The summed E-state index contributed by atoms with van der Waals surface area (Å²) in [7, 11) is 0. The summed E-state index contributed by atoms with van der Waals surface area (Å²) in [4.78, 5) is 0. The Labute approximate surface area is 69.1 Å². The van der Waals surface area contributed by atoms with Crippen LogP contribution in [0.3, 0.4) is 0 Å². The number of nitrogens with two attached hydrogens (primary N) is 1. The second-order valence-corrected chi connectivity index (χ2v) is 3.34. The van der Waals surface area contributed by atoms with Crippen LogP contribution in [0.25, 0.3) is 0 Å². The van der Waals surface area contributed by atoms with Crippen LogP contribution >= 0.6 is 0 Å². The molecule has 2 unspecified atom stereocenters. The molecule has 1 fully saturated rings. The molecule has 1 rings (SSSR count). The Balaban J connectivity index is 2.05. The molecule has 2 heteroatoms. The molecule has 0 radical (unpaired) electrons. The van der Waals surface area contributed by atoms with Gasteiger partial charge in [0.25, 0.3) is 0 Å². The van der Waals surface area contributed by atoms with Gasteiger partial charge in [0.15, 0.2) is 0 Å². The summed E-state index contributed by atoms with van der Waals surface area (Å²) in [5.41, 5.74) is 5.91. The van der Waals surface area contributed by atoms with E-state index in [1.807, 2.05) is 6.92 Å². The predicted octanol–water partition coefficient (Wildman–Crippen LogP) is 1.54. The SMILES string of the molecule is CCOCCC1CCCC1N. The fourth-order valence-corrected chi connectivity index (χ4v) is 1.80. The van der Waals surface area contributed by atoms with Crippen molar-refractivity contribution in [2.45, 2.75) is 38.6 Å². The van der Waals surface area contributed by atoms with Crippen LogP contribution in [0.5, 0.6) is 0 Å². The molecule has 1 aliphatic carbocycles. The minimum absolute atomic E-state index is 0.454. The summed E-state index contributed by atoms with van der Waals surface area (Å²) in [6, 6.07) is 0.454. The van der Waals surface area contributed by atoms with Crippen LogP contribution in [-0.2, 0) is 4.74 Å². The highest BCUT2D eigenvalue weighted by atomic mass is 16.5. The lowest BCUT2D eigenvalue weighted by atomic mass is 10.0. The summed E-state index contributed by atoms with van der Waals surface area (Å²) < 4.78 is 5.29. The average molecular weight is 157 g/mol. The van der Waals surface area contributed by atoms with Crippen LogP contribution in [0.15, 0.2) is 0 Å². The first-order chi connectivity index (χ1) is 5.34. The average Bonchev–Trinajstić information content (AvgIpc) is 2.37. The van der Waals surface area contributed by atoms with E-state index >= 15 is 0 Å². The molecule has 0 heterocycles. The third-order valence-electron chi connectivity index (χ3n) is 2.55. The van der Waals surface area contributed by atoms with Gasteiger partial charge in [0, 0.05) is 19.3 Å². The summed E-state index contributed by atoms with van der Waals surface area (Å²) in [5.74, 6) is 0.738. The quantitative estimate of drug-likeness (QED) is 0.628. The normalized spacial score (nSPS) is 31.1. The van der Waals surface area contributed by atoms with E-state index in [1.165, 1.54) is 19.3 Å². The minimum Gasteiger partial charge on any atom is -0.382 e. The van der Waals surface area contributed by atoms with Crippen molar-refractivity contribution in [3.8, 4) is 0 Å². The van der Waals surface area contributed by atoms with Crippen molar-refractivity contribution in [3.05, 3.63) is 0 Å². The van der Waals surface area contributed by atoms with Crippen LogP contribution < -0.4 is 5.73 Å². The van der Waals surface area contributed by atoms with Crippen LogP contribution in [0.4, 0.5) is 0 Å². The number of rotatable bonds is 4. The van der Waals surface area contributed by atoms with Gasteiger partial charge in [0.1, 0.15) is 0 Å². The molecule has 0 aliphatic heterocycles. The molecule has 0 spiro atoms. The molecule has 0 aromatic rings. The van der Waals surface area contributed by atoms with Crippen molar-refractivity contribution < 1.29 is 4.74 Å². The Hall–Kier alpha value is -0.0800. The van der Waals surface area contributed by atoms with E-state index in [2.05, 4.69) is 0 Å². The van der Waals surface area contributed by atoms with Gasteiger partial charge >= 0.3 is 0 Å². The maximum Gasteiger partial charge on any atom is 0.0469 e. The largest absolute Gasteiger partial charge is 0.382 e. The highest BCUT2D eigenvalue weighted by Crippen LogP contribution is 2.26. The molecule has 11 heavy (non-hydrogen) atoms. The van der Waals surface area contributed by atoms with Gasteiger partial charge in [-0.25, -0.2) is 0 Å². The number of hydrogen-bond donors (Lipinski definition) is 1. The third kappa shape index (κ3) is 2.80. The lowest BCUT2D eigenvalue weighted by Crippen LogP contribution is -2.25. The first-order valence-electron chi connectivity index (χ1n) is 4.68. The third-order valence-corrected chi connectivity index (χ3v) is 2.55. The van der Waals surface area contributed by atoms with Gasteiger partial charge in [0.05, 0.1) is 0 Å². The van der Waals surface area contributed by atoms with E-state index in [-0.39, 0.29) is 0 Å². The molecule has 0 bridgehead atoms. The molecule has 0 saturated heterocycles. The summed E-state index contributed by atoms with van der Waals surface area (Å²) in [6.07, 6.45) is 5.01. The minimum atomic E-state index is 0.454. The lowest BCUT2D eigenvalue weighted by molar-refractivity contribution is 0.130. The van der Waals surface area contributed by atoms with Crippen LogP contribution in [0.1, 0.15) is 32.6 Å². The van der Waals surface area contributed by atoms with E-state index < -0.39 is 0 Å². The van der Waals surface area contributed by atoms with Gasteiger partial charge in [-0.1, -0.05) is 6.42 Å². The Morgan fingerprint density at radius 2 is 2.27 bits per heavy atom. The molecule has 0 aromatic heterocycles. The van der Waals surface area contributed by atoms with Crippen molar-refractivity contribution in [3.63, 3.8) is 0 Å². The Morgan fingerprint density at radius 3 is 2.82 bits per heavy atom. The molecule has 1 aliphatic rings. The van der Waals surface area contributed by atoms with Gasteiger partial charge in [-0.3, -0.25) is 0 Å². The smallest absolute Gasteiger partial charge is 0.0469 e. The van der Waals surface area contributed by atoms with E-state index in [1.54, 1.807) is 0 Å². The predicted molar refractivity (Wildman–Crippen MR) is 46.4 cm³/mol. The van der Waals surface area contributed by atoms with Crippen LogP contribution in [0.2, 0.25) is 0 Å². The van der Waals surface area contributed by atoms with Gasteiger partial charge in [-0.2, -0.15) is 0 Å². The van der Waals surface area contributed by atoms with Gasteiger partial charge in [-0.05, 0) is 32.1 Å². The summed E-state index contributed by atoms with van der Waals surface area (Å²) in [5, 5.41) is 0. The van der Waals surface area contributed by atoms with E-state index in [0.717, 1.165) is 25.6 Å². The van der Waals surface area contributed by atoms with Crippen molar-refractivity contribution in [2.75, 3.05) is 13.2 Å². The summed E-state index contributed by atoms with van der Waals surface area (Å²) in [6.45, 7) is 3.77. The molecule has 1 saturated carbocycles. The second-order valence-electron chi connectivity index (χ2n) is 3.34.